The van der Waals surface area contributed by atoms with Crippen LogP contribution in [-0.4, -0.2) is 0 Å². The van der Waals surface area contributed by atoms with Crippen molar-refractivity contribution < 1.29 is 0 Å². The van der Waals surface area contributed by atoms with Crippen LogP contribution in [0.1, 0.15) is 22.3 Å². The van der Waals surface area contributed by atoms with E-state index in [9.17, 15) is 0 Å². The Morgan fingerprint density at radius 2 is 0.786 bits per heavy atom. The van der Waals surface area contributed by atoms with E-state index in [4.69, 9.17) is 23.2 Å². The molecule has 0 fully saturated rings. The maximum Gasteiger partial charge on any atom is 0.0417 e. The molecule has 0 aromatic heterocycles. The van der Waals surface area contributed by atoms with Crippen molar-refractivity contribution in [2.24, 2.45) is 0 Å². The number of rotatable bonds is 4. The van der Waals surface area contributed by atoms with E-state index in [-0.39, 0.29) is 0 Å². The molecule has 0 atom stereocenters. The Balaban J connectivity index is 1.86. The highest BCUT2D eigenvalue weighted by molar-refractivity contribution is 9.11. The molecule has 28 heavy (non-hydrogen) atoms. The molecule has 0 unspecified atom stereocenters. The molecule has 0 heterocycles. The van der Waals surface area contributed by atoms with Crippen molar-refractivity contribution in [3.63, 3.8) is 0 Å². The molecule has 0 radical (unpaired) electrons. The number of halogens is 6. The standard InChI is InChI=1S/C22H12Br4Cl2/c23-19-10-16(4-2-14-6-8-18(28)12-22(14)26)20(24)9-15(19)3-1-13-5-7-17(27)11-21(13)25/h1-12H/b3-1+,4-2+. The quantitative estimate of drug-likeness (QED) is 0.243. The highest BCUT2D eigenvalue weighted by Gasteiger charge is 2.05. The van der Waals surface area contributed by atoms with Gasteiger partial charge in [-0.15, -0.1) is 0 Å². The topological polar surface area (TPSA) is 0 Å². The fourth-order valence-electron chi connectivity index (χ4n) is 2.47. The van der Waals surface area contributed by atoms with Crippen LogP contribution >= 0.6 is 86.9 Å². The van der Waals surface area contributed by atoms with Gasteiger partial charge in [-0.25, -0.2) is 0 Å². The third kappa shape index (κ3) is 5.84. The lowest BCUT2D eigenvalue weighted by Gasteiger charge is -2.06. The molecule has 0 spiro atoms. The second-order valence-corrected chi connectivity index (χ2v) is 10.2. The highest BCUT2D eigenvalue weighted by atomic mass is 79.9. The number of benzene rings is 3. The van der Waals surface area contributed by atoms with Gasteiger partial charge in [0, 0.05) is 27.9 Å². The average Bonchev–Trinajstić information content (AvgIpc) is 2.63. The van der Waals surface area contributed by atoms with Crippen LogP contribution in [0.4, 0.5) is 0 Å². The summed E-state index contributed by atoms with van der Waals surface area (Å²) in [5, 5.41) is 1.41. The van der Waals surface area contributed by atoms with Crippen molar-refractivity contribution in [2.75, 3.05) is 0 Å². The lowest BCUT2D eigenvalue weighted by atomic mass is 10.1. The van der Waals surface area contributed by atoms with E-state index in [1.165, 1.54) is 0 Å². The largest absolute Gasteiger partial charge is 0.0843 e. The molecule has 0 nitrogen and oxygen atoms in total. The van der Waals surface area contributed by atoms with Crippen molar-refractivity contribution in [2.45, 2.75) is 0 Å². The van der Waals surface area contributed by atoms with Gasteiger partial charge in [0.25, 0.3) is 0 Å². The van der Waals surface area contributed by atoms with Gasteiger partial charge in [-0.2, -0.15) is 0 Å². The molecule has 0 bridgehead atoms. The smallest absolute Gasteiger partial charge is 0.0417 e. The van der Waals surface area contributed by atoms with Crippen LogP contribution in [0.5, 0.6) is 0 Å². The van der Waals surface area contributed by atoms with E-state index >= 15 is 0 Å². The van der Waals surface area contributed by atoms with E-state index in [2.05, 4.69) is 88.0 Å². The van der Waals surface area contributed by atoms with Crippen LogP contribution in [0.15, 0.2) is 66.4 Å². The predicted octanol–water partition coefficient (Wildman–Crippen LogP) is 10.4. The highest BCUT2D eigenvalue weighted by Crippen LogP contribution is 2.31. The van der Waals surface area contributed by atoms with Crippen LogP contribution in [0.25, 0.3) is 24.3 Å². The zero-order chi connectivity index (χ0) is 20.3. The third-order valence-electron chi connectivity index (χ3n) is 3.93. The van der Waals surface area contributed by atoms with Crippen LogP contribution < -0.4 is 0 Å². The monoisotopic (exact) mass is 662 g/mol. The summed E-state index contributed by atoms with van der Waals surface area (Å²) in [7, 11) is 0. The van der Waals surface area contributed by atoms with Gasteiger partial charge in [-0.05, 0) is 58.7 Å². The summed E-state index contributed by atoms with van der Waals surface area (Å²) in [5.74, 6) is 0. The van der Waals surface area contributed by atoms with E-state index < -0.39 is 0 Å². The predicted molar refractivity (Wildman–Crippen MR) is 138 cm³/mol. The summed E-state index contributed by atoms with van der Waals surface area (Å²) >= 11 is 26.4. The van der Waals surface area contributed by atoms with E-state index in [1.807, 2.05) is 48.6 Å². The second-order valence-electron chi connectivity index (χ2n) is 5.89. The summed E-state index contributed by atoms with van der Waals surface area (Å²) in [6, 6.07) is 15.6. The summed E-state index contributed by atoms with van der Waals surface area (Å²) in [6.45, 7) is 0. The lowest BCUT2D eigenvalue weighted by molar-refractivity contribution is 1.52. The summed E-state index contributed by atoms with van der Waals surface area (Å²) in [6.07, 6.45) is 8.22. The summed E-state index contributed by atoms with van der Waals surface area (Å²) in [4.78, 5) is 0. The zero-order valence-electron chi connectivity index (χ0n) is 14.2. The molecule has 3 rings (SSSR count). The van der Waals surface area contributed by atoms with Gasteiger partial charge < -0.3 is 0 Å². The molecule has 0 amide bonds. The van der Waals surface area contributed by atoms with Crippen molar-refractivity contribution in [1.29, 1.82) is 0 Å². The number of hydrogen-bond acceptors (Lipinski definition) is 0. The Bertz CT molecular complexity index is 1000. The first kappa shape index (κ1) is 22.3. The molecule has 142 valence electrons. The molecule has 0 saturated carbocycles. The van der Waals surface area contributed by atoms with Crippen LogP contribution in [0.2, 0.25) is 10.0 Å². The van der Waals surface area contributed by atoms with Gasteiger partial charge >= 0.3 is 0 Å². The Kier molecular flexibility index (Phi) is 8.05. The van der Waals surface area contributed by atoms with Gasteiger partial charge in [-0.3, -0.25) is 0 Å². The molecule has 0 saturated heterocycles. The van der Waals surface area contributed by atoms with E-state index in [0.717, 1.165) is 40.1 Å². The molecule has 0 aliphatic heterocycles. The molecular weight excluding hydrogens is 655 g/mol. The first-order valence-electron chi connectivity index (χ1n) is 8.09. The van der Waals surface area contributed by atoms with E-state index in [0.29, 0.717) is 10.0 Å². The zero-order valence-corrected chi connectivity index (χ0v) is 22.1. The van der Waals surface area contributed by atoms with Crippen molar-refractivity contribution in [3.05, 3.63) is 98.7 Å². The molecule has 3 aromatic carbocycles. The first-order chi connectivity index (χ1) is 13.3. The Morgan fingerprint density at radius 1 is 0.464 bits per heavy atom. The fraction of sp³-hybridized carbons (Fsp3) is 0. The SMILES string of the molecule is Clc1ccc(/C=C/c2cc(Br)c(/C=C/c3ccc(Cl)cc3Br)cc2Br)c(Br)c1. The second kappa shape index (κ2) is 10.1. The van der Waals surface area contributed by atoms with Crippen molar-refractivity contribution >= 4 is 111 Å². The molecule has 0 N–H and O–H groups in total. The molecular formula is C22H12Br4Cl2. The van der Waals surface area contributed by atoms with Gasteiger partial charge in [0.2, 0.25) is 0 Å². The van der Waals surface area contributed by atoms with Gasteiger partial charge in [0.15, 0.2) is 0 Å². The van der Waals surface area contributed by atoms with Crippen molar-refractivity contribution in [1.82, 2.24) is 0 Å². The Morgan fingerprint density at radius 3 is 1.14 bits per heavy atom. The van der Waals surface area contributed by atoms with E-state index in [1.54, 1.807) is 0 Å². The fourth-order valence-corrected chi connectivity index (χ4v) is 5.08. The summed E-state index contributed by atoms with van der Waals surface area (Å²) in [5.41, 5.74) is 4.25. The van der Waals surface area contributed by atoms with Gasteiger partial charge in [0.05, 0.1) is 0 Å². The molecule has 0 aliphatic carbocycles. The van der Waals surface area contributed by atoms with Gasteiger partial charge in [0.1, 0.15) is 0 Å². The van der Waals surface area contributed by atoms with Crippen LogP contribution in [-0.2, 0) is 0 Å². The normalized spacial score (nSPS) is 11.6. The maximum atomic E-state index is 6.01. The minimum Gasteiger partial charge on any atom is -0.0843 e. The van der Waals surface area contributed by atoms with Gasteiger partial charge in [-0.1, -0.05) is 123 Å². The molecule has 6 heteroatoms. The maximum absolute atomic E-state index is 6.01. The molecule has 0 aliphatic rings. The van der Waals surface area contributed by atoms with Crippen LogP contribution in [0.3, 0.4) is 0 Å². The summed E-state index contributed by atoms with van der Waals surface area (Å²) < 4.78 is 3.93. The minimum atomic E-state index is 0.705. The number of hydrogen-bond donors (Lipinski definition) is 0. The minimum absolute atomic E-state index is 0.705. The van der Waals surface area contributed by atoms with Crippen molar-refractivity contribution in [3.8, 4) is 0 Å². The Hall–Kier alpha value is -0.360. The average molecular weight is 667 g/mol. The molecule has 3 aromatic rings. The third-order valence-corrected chi connectivity index (χ3v) is 7.14. The van der Waals surface area contributed by atoms with Crippen LogP contribution in [0, 0.1) is 0 Å². The Labute approximate surface area is 208 Å². The first-order valence-corrected chi connectivity index (χ1v) is 12.0. The lowest BCUT2D eigenvalue weighted by Crippen LogP contribution is -1.83.